The van der Waals surface area contributed by atoms with Crippen LogP contribution in [0.1, 0.15) is 28.9 Å². The molecule has 3 N–H and O–H groups in total. The Balaban J connectivity index is 1.95. The predicted octanol–water partition coefficient (Wildman–Crippen LogP) is 3.52. The van der Waals surface area contributed by atoms with Gasteiger partial charge < -0.3 is 15.8 Å². The summed E-state index contributed by atoms with van der Waals surface area (Å²) in [7, 11) is 0. The molecule has 2 aromatic rings. The maximum Gasteiger partial charge on any atom is 0.340 e. The third kappa shape index (κ3) is 5.32. The maximum absolute atomic E-state index is 12.0. The molecular formula is C17H15Cl2N3O5. The van der Waals surface area contributed by atoms with Crippen molar-refractivity contribution in [1.29, 1.82) is 0 Å². The van der Waals surface area contributed by atoms with Crippen molar-refractivity contribution in [2.24, 2.45) is 0 Å². The molecule has 0 saturated heterocycles. The second kappa shape index (κ2) is 8.70. The largest absolute Gasteiger partial charge is 0.452 e. The van der Waals surface area contributed by atoms with Gasteiger partial charge in [0.25, 0.3) is 11.6 Å². The Morgan fingerprint density at radius 1 is 1.26 bits per heavy atom. The molecule has 1 atom stereocenters. The van der Waals surface area contributed by atoms with E-state index in [1.807, 2.05) is 0 Å². The van der Waals surface area contributed by atoms with Gasteiger partial charge in [-0.05, 0) is 30.7 Å². The van der Waals surface area contributed by atoms with E-state index in [4.69, 9.17) is 33.7 Å². The van der Waals surface area contributed by atoms with Gasteiger partial charge in [0.1, 0.15) is 0 Å². The number of esters is 1. The van der Waals surface area contributed by atoms with Gasteiger partial charge >= 0.3 is 5.97 Å². The Hall–Kier alpha value is -2.84. The maximum atomic E-state index is 12.0. The van der Waals surface area contributed by atoms with Crippen LogP contribution in [0.15, 0.2) is 36.4 Å². The van der Waals surface area contributed by atoms with Gasteiger partial charge in [0, 0.05) is 22.2 Å². The Kier molecular flexibility index (Phi) is 6.59. The second-order valence-corrected chi connectivity index (χ2v) is 6.40. The van der Waals surface area contributed by atoms with E-state index in [1.54, 1.807) is 25.1 Å². The molecule has 1 amide bonds. The topological polar surface area (TPSA) is 125 Å². The minimum atomic E-state index is -0.866. The molecule has 8 nitrogen and oxygen atoms in total. The number of nitrogen functional groups attached to an aromatic ring is 1. The highest BCUT2D eigenvalue weighted by atomic mass is 35.5. The van der Waals surface area contributed by atoms with E-state index in [-0.39, 0.29) is 16.9 Å². The van der Waals surface area contributed by atoms with Crippen molar-refractivity contribution in [3.63, 3.8) is 0 Å². The molecule has 0 heterocycles. The minimum Gasteiger partial charge on any atom is -0.452 e. The fourth-order valence-electron chi connectivity index (χ4n) is 2.27. The van der Waals surface area contributed by atoms with E-state index >= 15 is 0 Å². The first-order valence-corrected chi connectivity index (χ1v) is 8.40. The Morgan fingerprint density at radius 2 is 1.96 bits per heavy atom. The number of hydrogen-bond donors (Lipinski definition) is 2. The molecule has 0 aliphatic heterocycles. The highest BCUT2D eigenvalue weighted by molar-refractivity contribution is 6.35. The number of hydrogen-bond acceptors (Lipinski definition) is 6. The molecule has 0 fully saturated rings. The van der Waals surface area contributed by atoms with Gasteiger partial charge in [-0.3, -0.25) is 14.9 Å². The monoisotopic (exact) mass is 411 g/mol. The number of halogens is 2. The van der Waals surface area contributed by atoms with E-state index in [9.17, 15) is 19.7 Å². The molecule has 0 saturated carbocycles. The van der Waals surface area contributed by atoms with Crippen LogP contribution in [0.2, 0.25) is 10.0 Å². The molecule has 0 aliphatic carbocycles. The van der Waals surface area contributed by atoms with Crippen LogP contribution in [0, 0.1) is 10.1 Å². The number of nitrogens with one attached hydrogen (secondary N) is 1. The number of nitro groups is 1. The first-order valence-electron chi connectivity index (χ1n) is 7.64. The Bertz CT molecular complexity index is 904. The van der Waals surface area contributed by atoms with E-state index < -0.39 is 29.4 Å². The van der Waals surface area contributed by atoms with E-state index in [2.05, 4.69) is 5.32 Å². The molecule has 0 radical (unpaired) electrons. The number of nitro benzene ring substituents is 1. The molecule has 2 aromatic carbocycles. The van der Waals surface area contributed by atoms with Gasteiger partial charge in [-0.15, -0.1) is 0 Å². The van der Waals surface area contributed by atoms with Crippen LogP contribution in [0.3, 0.4) is 0 Å². The van der Waals surface area contributed by atoms with Gasteiger partial charge in [0.05, 0.1) is 22.2 Å². The quantitative estimate of drug-likeness (QED) is 0.324. The summed E-state index contributed by atoms with van der Waals surface area (Å²) in [5, 5.41) is 14.2. The summed E-state index contributed by atoms with van der Waals surface area (Å²) in [6.45, 7) is 1.16. The average molecular weight is 412 g/mol. The summed E-state index contributed by atoms with van der Waals surface area (Å²) in [5.41, 5.74) is 5.84. The van der Waals surface area contributed by atoms with Crippen molar-refractivity contribution < 1.29 is 19.2 Å². The molecule has 0 bridgehead atoms. The lowest BCUT2D eigenvalue weighted by Gasteiger charge is -2.16. The van der Waals surface area contributed by atoms with Crippen LogP contribution in [0.5, 0.6) is 0 Å². The van der Waals surface area contributed by atoms with Crippen LogP contribution in [-0.4, -0.2) is 23.4 Å². The summed E-state index contributed by atoms with van der Waals surface area (Å²) >= 11 is 11.9. The van der Waals surface area contributed by atoms with Crippen molar-refractivity contribution in [2.45, 2.75) is 13.0 Å². The SMILES string of the molecule is CC(NC(=O)COC(=O)c1ccc([N+](=O)[O-])cc1N)c1ccc(Cl)cc1Cl. The number of carbonyl (C=O) groups is 2. The summed E-state index contributed by atoms with van der Waals surface area (Å²) in [4.78, 5) is 34.0. The van der Waals surface area contributed by atoms with E-state index in [0.29, 0.717) is 15.6 Å². The Labute approximate surface area is 164 Å². The van der Waals surface area contributed by atoms with Gasteiger partial charge in [0.15, 0.2) is 6.61 Å². The number of non-ortho nitro benzene ring substituents is 1. The number of ether oxygens (including phenoxy) is 1. The summed E-state index contributed by atoms with van der Waals surface area (Å²) < 4.78 is 4.90. The van der Waals surface area contributed by atoms with Crippen LogP contribution < -0.4 is 11.1 Å². The highest BCUT2D eigenvalue weighted by Gasteiger charge is 2.18. The third-order valence-electron chi connectivity index (χ3n) is 3.61. The van der Waals surface area contributed by atoms with E-state index in [0.717, 1.165) is 12.1 Å². The molecule has 1 unspecified atom stereocenters. The molecule has 0 spiro atoms. The van der Waals surface area contributed by atoms with Crippen LogP contribution in [0.4, 0.5) is 11.4 Å². The molecule has 27 heavy (non-hydrogen) atoms. The fraction of sp³-hybridized carbons (Fsp3) is 0.176. The molecular weight excluding hydrogens is 397 g/mol. The number of anilines is 1. The zero-order valence-corrected chi connectivity index (χ0v) is 15.6. The number of amides is 1. The second-order valence-electron chi connectivity index (χ2n) is 5.56. The number of carbonyl (C=O) groups excluding carboxylic acids is 2. The molecule has 0 aliphatic rings. The van der Waals surface area contributed by atoms with E-state index in [1.165, 1.54) is 6.07 Å². The predicted molar refractivity (Wildman–Crippen MR) is 101 cm³/mol. The van der Waals surface area contributed by atoms with Crippen molar-refractivity contribution in [1.82, 2.24) is 5.32 Å². The normalized spacial score (nSPS) is 11.5. The zero-order valence-electron chi connectivity index (χ0n) is 14.1. The van der Waals surface area contributed by atoms with Gasteiger partial charge in [-0.25, -0.2) is 4.79 Å². The van der Waals surface area contributed by atoms with Crippen LogP contribution in [-0.2, 0) is 9.53 Å². The lowest BCUT2D eigenvalue weighted by atomic mass is 10.1. The van der Waals surface area contributed by atoms with Crippen molar-refractivity contribution >= 4 is 46.5 Å². The first-order chi connectivity index (χ1) is 12.7. The Morgan fingerprint density at radius 3 is 2.56 bits per heavy atom. The summed E-state index contributed by atoms with van der Waals surface area (Å²) in [5.74, 6) is -1.42. The average Bonchev–Trinajstić information content (AvgIpc) is 2.59. The number of benzene rings is 2. The molecule has 142 valence electrons. The number of nitrogens with two attached hydrogens (primary N) is 1. The minimum absolute atomic E-state index is 0.0674. The lowest BCUT2D eigenvalue weighted by molar-refractivity contribution is -0.384. The van der Waals surface area contributed by atoms with Crippen molar-refractivity contribution in [2.75, 3.05) is 12.3 Å². The summed E-state index contributed by atoms with van der Waals surface area (Å²) in [6, 6.07) is 7.77. The van der Waals surface area contributed by atoms with Crippen LogP contribution in [0.25, 0.3) is 0 Å². The first kappa shape index (κ1) is 20.5. The standard InChI is InChI=1S/C17H15Cl2N3O5/c1-9(12-4-2-10(18)6-14(12)19)21-16(23)8-27-17(24)13-5-3-11(22(25)26)7-15(13)20/h2-7,9H,8,20H2,1H3,(H,21,23). The number of nitrogens with zero attached hydrogens (tertiary/aromatic N) is 1. The number of rotatable bonds is 6. The molecule has 10 heteroatoms. The van der Waals surface area contributed by atoms with Crippen molar-refractivity contribution in [3.05, 3.63) is 67.7 Å². The van der Waals surface area contributed by atoms with Gasteiger partial charge in [-0.1, -0.05) is 29.3 Å². The molecule has 2 rings (SSSR count). The smallest absolute Gasteiger partial charge is 0.340 e. The third-order valence-corrected chi connectivity index (χ3v) is 4.17. The van der Waals surface area contributed by atoms with Crippen LogP contribution >= 0.6 is 23.2 Å². The molecule has 0 aromatic heterocycles. The highest BCUT2D eigenvalue weighted by Crippen LogP contribution is 2.26. The zero-order chi connectivity index (χ0) is 20.1. The van der Waals surface area contributed by atoms with Gasteiger partial charge in [0.2, 0.25) is 0 Å². The lowest BCUT2D eigenvalue weighted by Crippen LogP contribution is -2.31. The van der Waals surface area contributed by atoms with Gasteiger partial charge in [-0.2, -0.15) is 0 Å². The fourth-order valence-corrected chi connectivity index (χ4v) is 2.84. The van der Waals surface area contributed by atoms with Crippen molar-refractivity contribution in [3.8, 4) is 0 Å². The summed E-state index contributed by atoms with van der Waals surface area (Å²) in [6.07, 6.45) is 0.